The molecule has 2 aliphatic carbocycles. The first kappa shape index (κ1) is 16.6. The highest BCUT2D eigenvalue weighted by molar-refractivity contribution is 5.85. The summed E-state index contributed by atoms with van der Waals surface area (Å²) in [5.74, 6) is 0.322. The molecule has 0 heterocycles. The standard InChI is InChI=1S/C17H25NO2.ClH/c1-18-11-10-16-7-2-3-8-17(16,20)9-6-13-4-5-14(19)12-15(13)16;/h4-5,12,18-20H,2-3,6-11H2,1H3;1H/t16-,17+;/m1./s1. The SMILES string of the molecule is CNCC[C@@]12CCCC[C@]1(O)CCc1ccc(O)cc12.Cl. The first-order chi connectivity index (χ1) is 9.61. The number of halogens is 1. The van der Waals surface area contributed by atoms with Crippen molar-refractivity contribution in [3.63, 3.8) is 0 Å². The van der Waals surface area contributed by atoms with Crippen LogP contribution >= 0.6 is 12.4 Å². The third kappa shape index (κ3) is 2.56. The highest BCUT2D eigenvalue weighted by atomic mass is 35.5. The Labute approximate surface area is 133 Å². The van der Waals surface area contributed by atoms with Gasteiger partial charge in [0.15, 0.2) is 0 Å². The quantitative estimate of drug-likeness (QED) is 0.804. The predicted octanol–water partition coefficient (Wildman–Crippen LogP) is 2.91. The zero-order valence-electron chi connectivity index (χ0n) is 12.7. The van der Waals surface area contributed by atoms with Gasteiger partial charge in [0, 0.05) is 5.41 Å². The van der Waals surface area contributed by atoms with Gasteiger partial charge in [0.25, 0.3) is 0 Å². The Morgan fingerprint density at radius 3 is 2.71 bits per heavy atom. The number of hydrogen-bond acceptors (Lipinski definition) is 3. The van der Waals surface area contributed by atoms with Crippen LogP contribution in [0.2, 0.25) is 0 Å². The van der Waals surface area contributed by atoms with Crippen molar-refractivity contribution >= 4 is 12.4 Å². The molecule has 2 aliphatic rings. The second-order valence-corrected chi connectivity index (χ2v) is 6.52. The Bertz CT molecular complexity index is 508. The topological polar surface area (TPSA) is 52.5 Å². The minimum absolute atomic E-state index is 0. The van der Waals surface area contributed by atoms with Crippen molar-refractivity contribution in [2.45, 2.75) is 56.0 Å². The summed E-state index contributed by atoms with van der Waals surface area (Å²) in [6, 6.07) is 5.72. The van der Waals surface area contributed by atoms with Gasteiger partial charge in [0.1, 0.15) is 5.75 Å². The molecule has 1 aromatic rings. The van der Waals surface area contributed by atoms with E-state index in [1.165, 1.54) is 17.5 Å². The van der Waals surface area contributed by atoms with Gasteiger partial charge in [0.2, 0.25) is 0 Å². The van der Waals surface area contributed by atoms with E-state index in [1.807, 2.05) is 19.2 Å². The van der Waals surface area contributed by atoms with E-state index in [9.17, 15) is 10.2 Å². The molecule has 0 saturated heterocycles. The van der Waals surface area contributed by atoms with Crippen LogP contribution in [-0.4, -0.2) is 29.4 Å². The maximum Gasteiger partial charge on any atom is 0.115 e. The zero-order chi connectivity index (χ0) is 14.2. The summed E-state index contributed by atoms with van der Waals surface area (Å²) in [5.41, 5.74) is 1.73. The van der Waals surface area contributed by atoms with Gasteiger partial charge in [-0.15, -0.1) is 12.4 Å². The molecule has 1 aromatic carbocycles. The van der Waals surface area contributed by atoms with E-state index in [2.05, 4.69) is 5.32 Å². The first-order valence-corrected chi connectivity index (χ1v) is 7.81. The third-order valence-corrected chi connectivity index (χ3v) is 5.55. The number of fused-ring (bicyclic) bond motifs is 3. The number of phenolic OH excluding ortho intramolecular Hbond substituents is 1. The highest BCUT2D eigenvalue weighted by Gasteiger charge is 2.54. The molecule has 3 N–H and O–H groups in total. The van der Waals surface area contributed by atoms with Crippen LogP contribution in [0.4, 0.5) is 0 Å². The molecular formula is C17H26ClNO2. The molecule has 4 heteroatoms. The lowest BCUT2D eigenvalue weighted by Crippen LogP contribution is -2.57. The van der Waals surface area contributed by atoms with E-state index >= 15 is 0 Å². The maximum atomic E-state index is 11.3. The monoisotopic (exact) mass is 311 g/mol. The summed E-state index contributed by atoms with van der Waals surface area (Å²) >= 11 is 0. The van der Waals surface area contributed by atoms with Gasteiger partial charge in [-0.1, -0.05) is 18.9 Å². The molecule has 118 valence electrons. The molecule has 3 rings (SSSR count). The second-order valence-electron chi connectivity index (χ2n) is 6.52. The van der Waals surface area contributed by atoms with Gasteiger partial charge in [0.05, 0.1) is 5.60 Å². The summed E-state index contributed by atoms with van der Waals surface area (Å²) in [6.45, 7) is 0.900. The van der Waals surface area contributed by atoms with E-state index in [-0.39, 0.29) is 17.8 Å². The third-order valence-electron chi connectivity index (χ3n) is 5.55. The molecule has 0 bridgehead atoms. The van der Waals surface area contributed by atoms with Crippen LogP contribution < -0.4 is 5.32 Å². The average molecular weight is 312 g/mol. The molecule has 2 atom stereocenters. The Hall–Kier alpha value is -0.770. The maximum absolute atomic E-state index is 11.3. The van der Waals surface area contributed by atoms with Gasteiger partial charge < -0.3 is 15.5 Å². The van der Waals surface area contributed by atoms with Crippen molar-refractivity contribution in [1.29, 1.82) is 0 Å². The van der Waals surface area contributed by atoms with Crippen LogP contribution in [0.25, 0.3) is 0 Å². The molecule has 3 nitrogen and oxygen atoms in total. The number of phenols is 1. The highest BCUT2D eigenvalue weighted by Crippen LogP contribution is 2.54. The summed E-state index contributed by atoms with van der Waals surface area (Å²) in [4.78, 5) is 0. The molecule has 0 unspecified atom stereocenters. The lowest BCUT2D eigenvalue weighted by Gasteiger charge is -2.55. The lowest BCUT2D eigenvalue weighted by atomic mass is 9.53. The molecule has 0 spiro atoms. The van der Waals surface area contributed by atoms with Crippen molar-refractivity contribution in [2.24, 2.45) is 0 Å². The Morgan fingerprint density at radius 2 is 1.95 bits per heavy atom. The second kappa shape index (κ2) is 6.15. The fraction of sp³-hybridized carbons (Fsp3) is 0.647. The normalized spacial score (nSPS) is 31.0. The molecule has 0 radical (unpaired) electrons. The van der Waals surface area contributed by atoms with Crippen LogP contribution in [0.5, 0.6) is 5.75 Å². The number of rotatable bonds is 3. The largest absolute Gasteiger partial charge is 0.508 e. The van der Waals surface area contributed by atoms with Gasteiger partial charge in [-0.25, -0.2) is 0 Å². The van der Waals surface area contributed by atoms with E-state index in [0.717, 1.165) is 45.1 Å². The Balaban J connectivity index is 0.00000161. The van der Waals surface area contributed by atoms with Crippen molar-refractivity contribution in [2.75, 3.05) is 13.6 Å². The molecule has 21 heavy (non-hydrogen) atoms. The fourth-order valence-corrected chi connectivity index (χ4v) is 4.47. The Kier molecular flexibility index (Phi) is 4.86. The van der Waals surface area contributed by atoms with Gasteiger partial charge in [-0.2, -0.15) is 0 Å². The summed E-state index contributed by atoms with van der Waals surface area (Å²) in [7, 11) is 1.96. The zero-order valence-corrected chi connectivity index (χ0v) is 13.5. The van der Waals surface area contributed by atoms with Crippen molar-refractivity contribution in [3.8, 4) is 5.75 Å². The summed E-state index contributed by atoms with van der Waals surface area (Å²) in [5, 5.41) is 24.4. The molecule has 0 aliphatic heterocycles. The smallest absolute Gasteiger partial charge is 0.115 e. The molecule has 0 amide bonds. The van der Waals surface area contributed by atoms with Gasteiger partial charge in [-0.05, 0) is 69.0 Å². The van der Waals surface area contributed by atoms with Crippen molar-refractivity contribution in [1.82, 2.24) is 5.32 Å². The van der Waals surface area contributed by atoms with E-state index in [1.54, 1.807) is 6.07 Å². The lowest BCUT2D eigenvalue weighted by molar-refractivity contribution is -0.0867. The number of aryl methyl sites for hydroxylation is 1. The van der Waals surface area contributed by atoms with Gasteiger partial charge in [-0.3, -0.25) is 0 Å². The first-order valence-electron chi connectivity index (χ1n) is 7.81. The van der Waals surface area contributed by atoms with Crippen molar-refractivity contribution in [3.05, 3.63) is 29.3 Å². The average Bonchev–Trinajstić information content (AvgIpc) is 2.45. The van der Waals surface area contributed by atoms with Crippen LogP contribution in [0.3, 0.4) is 0 Å². The minimum atomic E-state index is -0.594. The molecular weight excluding hydrogens is 286 g/mol. The summed E-state index contributed by atoms with van der Waals surface area (Å²) < 4.78 is 0. The number of aliphatic hydroxyl groups is 1. The van der Waals surface area contributed by atoms with E-state index < -0.39 is 5.60 Å². The number of hydrogen-bond donors (Lipinski definition) is 3. The minimum Gasteiger partial charge on any atom is -0.508 e. The van der Waals surface area contributed by atoms with Crippen LogP contribution in [0, 0.1) is 0 Å². The Morgan fingerprint density at radius 1 is 1.19 bits per heavy atom. The van der Waals surface area contributed by atoms with Crippen LogP contribution in [0.1, 0.15) is 49.7 Å². The predicted molar refractivity (Wildman–Crippen MR) is 87.3 cm³/mol. The molecule has 1 fully saturated rings. The van der Waals surface area contributed by atoms with E-state index in [4.69, 9.17) is 0 Å². The van der Waals surface area contributed by atoms with E-state index in [0.29, 0.717) is 5.75 Å². The number of nitrogens with one attached hydrogen (secondary N) is 1. The van der Waals surface area contributed by atoms with Crippen LogP contribution in [-0.2, 0) is 11.8 Å². The fourth-order valence-electron chi connectivity index (χ4n) is 4.47. The molecule has 0 aromatic heterocycles. The van der Waals surface area contributed by atoms with Crippen molar-refractivity contribution < 1.29 is 10.2 Å². The molecule has 1 saturated carbocycles. The number of aromatic hydroxyl groups is 1. The summed E-state index contributed by atoms with van der Waals surface area (Å²) in [6.07, 6.45) is 6.93. The van der Waals surface area contributed by atoms with Crippen LogP contribution in [0.15, 0.2) is 18.2 Å². The van der Waals surface area contributed by atoms with Gasteiger partial charge >= 0.3 is 0 Å². The number of benzene rings is 1.